The second-order valence-corrected chi connectivity index (χ2v) is 4.80. The second-order valence-electron chi connectivity index (χ2n) is 4.80. The molecular formula is C17H15N3O3. The molecule has 0 spiro atoms. The summed E-state index contributed by atoms with van der Waals surface area (Å²) in [7, 11) is 1.35. The van der Waals surface area contributed by atoms with Crippen molar-refractivity contribution in [3.8, 4) is 22.7 Å². The minimum atomic E-state index is -0.421. The van der Waals surface area contributed by atoms with Crippen molar-refractivity contribution in [3.05, 3.63) is 54.3 Å². The fraction of sp³-hybridized carbons (Fsp3) is 0.176. The maximum atomic E-state index is 12.1. The van der Waals surface area contributed by atoms with E-state index in [1.54, 1.807) is 30.7 Å². The van der Waals surface area contributed by atoms with E-state index < -0.39 is 5.97 Å². The minimum absolute atomic E-state index is 0.421. The van der Waals surface area contributed by atoms with Gasteiger partial charge in [-0.1, -0.05) is 6.92 Å². The van der Waals surface area contributed by atoms with Gasteiger partial charge in [-0.05, 0) is 30.7 Å². The summed E-state index contributed by atoms with van der Waals surface area (Å²) in [5, 5.41) is 0. The Morgan fingerprint density at radius 3 is 2.83 bits per heavy atom. The van der Waals surface area contributed by atoms with Crippen molar-refractivity contribution >= 4 is 5.97 Å². The van der Waals surface area contributed by atoms with Gasteiger partial charge in [0.05, 0.1) is 30.3 Å². The molecule has 3 aromatic heterocycles. The van der Waals surface area contributed by atoms with Crippen molar-refractivity contribution in [2.24, 2.45) is 0 Å². The molecule has 0 radical (unpaired) electrons. The molecule has 0 bridgehead atoms. The first-order valence-electron chi connectivity index (χ1n) is 7.17. The molecule has 116 valence electrons. The van der Waals surface area contributed by atoms with Crippen molar-refractivity contribution in [2.45, 2.75) is 13.3 Å². The van der Waals surface area contributed by atoms with Crippen LogP contribution in [0.2, 0.25) is 0 Å². The summed E-state index contributed by atoms with van der Waals surface area (Å²) < 4.78 is 10.4. The number of nitrogens with zero attached hydrogens (tertiary/aromatic N) is 3. The molecule has 0 unspecified atom stereocenters. The molecule has 0 amide bonds. The van der Waals surface area contributed by atoms with Crippen LogP contribution in [-0.4, -0.2) is 28.0 Å². The maximum Gasteiger partial charge on any atom is 0.339 e. The lowest BCUT2D eigenvalue weighted by Gasteiger charge is -2.12. The van der Waals surface area contributed by atoms with Crippen LogP contribution in [0.1, 0.15) is 23.0 Å². The highest BCUT2D eigenvalue weighted by Gasteiger charge is 2.20. The van der Waals surface area contributed by atoms with E-state index in [1.807, 2.05) is 13.0 Å². The van der Waals surface area contributed by atoms with Gasteiger partial charge < -0.3 is 9.15 Å². The zero-order valence-electron chi connectivity index (χ0n) is 12.8. The van der Waals surface area contributed by atoms with Crippen LogP contribution >= 0.6 is 0 Å². The number of hydrogen-bond donors (Lipinski definition) is 0. The summed E-state index contributed by atoms with van der Waals surface area (Å²) in [4.78, 5) is 24.9. The van der Waals surface area contributed by atoms with Gasteiger partial charge in [-0.25, -0.2) is 19.7 Å². The zero-order valence-corrected chi connectivity index (χ0v) is 12.8. The van der Waals surface area contributed by atoms with E-state index >= 15 is 0 Å². The molecule has 0 aliphatic carbocycles. The van der Waals surface area contributed by atoms with Gasteiger partial charge in [0.2, 0.25) is 0 Å². The first-order chi connectivity index (χ1) is 11.2. The molecule has 0 aromatic carbocycles. The molecule has 0 saturated heterocycles. The Kier molecular flexibility index (Phi) is 4.14. The first kappa shape index (κ1) is 14.9. The molecule has 3 heterocycles. The second kappa shape index (κ2) is 6.39. The quantitative estimate of drug-likeness (QED) is 0.689. The van der Waals surface area contributed by atoms with Crippen LogP contribution in [-0.2, 0) is 11.2 Å². The number of aromatic nitrogens is 3. The minimum Gasteiger partial charge on any atom is -0.465 e. The van der Waals surface area contributed by atoms with E-state index in [2.05, 4.69) is 15.0 Å². The van der Waals surface area contributed by atoms with Gasteiger partial charge in [0.15, 0.2) is 5.76 Å². The van der Waals surface area contributed by atoms with Crippen molar-refractivity contribution in [1.29, 1.82) is 0 Å². The number of rotatable bonds is 4. The molecule has 0 aliphatic heterocycles. The predicted octanol–water partition coefficient (Wildman–Crippen LogP) is 3.15. The van der Waals surface area contributed by atoms with Crippen LogP contribution in [0, 0.1) is 0 Å². The lowest BCUT2D eigenvalue weighted by Crippen LogP contribution is -2.09. The van der Waals surface area contributed by atoms with Gasteiger partial charge in [0.25, 0.3) is 0 Å². The largest absolute Gasteiger partial charge is 0.465 e. The van der Waals surface area contributed by atoms with E-state index in [0.29, 0.717) is 40.4 Å². The Morgan fingerprint density at radius 2 is 2.22 bits per heavy atom. The number of pyridine rings is 1. The average molecular weight is 309 g/mol. The Morgan fingerprint density at radius 1 is 1.35 bits per heavy atom. The number of hydrogen-bond acceptors (Lipinski definition) is 6. The molecule has 0 saturated carbocycles. The molecule has 0 fully saturated rings. The van der Waals surface area contributed by atoms with Gasteiger partial charge >= 0.3 is 5.97 Å². The number of methoxy groups -OCH3 is 1. The monoisotopic (exact) mass is 309 g/mol. The van der Waals surface area contributed by atoms with Crippen LogP contribution in [0.5, 0.6) is 0 Å². The average Bonchev–Trinajstić information content (AvgIpc) is 3.15. The Balaban J connectivity index is 2.28. The van der Waals surface area contributed by atoms with Crippen molar-refractivity contribution < 1.29 is 13.9 Å². The van der Waals surface area contributed by atoms with Gasteiger partial charge in [-0.2, -0.15) is 0 Å². The standard InChI is InChI=1S/C17H15N3O3/c1-3-13-12(17(21)22-2)9-11(14-6-7-18-10-19-14)16(20-13)15-5-4-8-23-15/h4-10H,3H2,1-2H3. The van der Waals surface area contributed by atoms with Gasteiger partial charge in [0, 0.05) is 11.8 Å². The molecule has 6 nitrogen and oxygen atoms in total. The smallest absolute Gasteiger partial charge is 0.339 e. The Bertz CT molecular complexity index is 815. The summed E-state index contributed by atoms with van der Waals surface area (Å²) in [6, 6.07) is 7.12. The van der Waals surface area contributed by atoms with Gasteiger partial charge in [0.1, 0.15) is 12.0 Å². The van der Waals surface area contributed by atoms with Gasteiger partial charge in [-0.15, -0.1) is 0 Å². The van der Waals surface area contributed by atoms with E-state index in [9.17, 15) is 4.79 Å². The third-order valence-corrected chi connectivity index (χ3v) is 3.45. The van der Waals surface area contributed by atoms with Crippen molar-refractivity contribution in [2.75, 3.05) is 7.11 Å². The summed E-state index contributed by atoms with van der Waals surface area (Å²) in [5.41, 5.74) is 3.07. The number of esters is 1. The Hall–Kier alpha value is -3.02. The fourth-order valence-electron chi connectivity index (χ4n) is 2.35. The first-order valence-corrected chi connectivity index (χ1v) is 7.17. The van der Waals surface area contributed by atoms with Gasteiger partial charge in [-0.3, -0.25) is 0 Å². The third kappa shape index (κ3) is 2.83. The number of aryl methyl sites for hydroxylation is 1. The SMILES string of the molecule is CCc1nc(-c2ccco2)c(-c2ccncn2)cc1C(=O)OC. The highest BCUT2D eigenvalue weighted by molar-refractivity contribution is 5.93. The van der Waals surface area contributed by atoms with Crippen molar-refractivity contribution in [3.63, 3.8) is 0 Å². The molecule has 3 rings (SSSR count). The van der Waals surface area contributed by atoms with Crippen molar-refractivity contribution in [1.82, 2.24) is 15.0 Å². The van der Waals surface area contributed by atoms with Crippen LogP contribution in [0.4, 0.5) is 0 Å². The van der Waals surface area contributed by atoms with Crippen LogP contribution in [0.3, 0.4) is 0 Å². The third-order valence-electron chi connectivity index (χ3n) is 3.45. The fourth-order valence-corrected chi connectivity index (χ4v) is 2.35. The number of furan rings is 1. The summed E-state index contributed by atoms with van der Waals surface area (Å²) in [6.07, 6.45) is 5.27. The normalized spacial score (nSPS) is 10.5. The molecule has 6 heteroatoms. The molecule has 0 aliphatic rings. The predicted molar refractivity (Wildman–Crippen MR) is 83.7 cm³/mol. The number of ether oxygens (including phenoxy) is 1. The highest BCUT2D eigenvalue weighted by atomic mass is 16.5. The van der Waals surface area contributed by atoms with E-state index in [4.69, 9.17) is 9.15 Å². The maximum absolute atomic E-state index is 12.1. The molecule has 0 atom stereocenters. The van der Waals surface area contributed by atoms with Crippen LogP contribution in [0.15, 0.2) is 47.5 Å². The topological polar surface area (TPSA) is 78.1 Å². The molecule has 23 heavy (non-hydrogen) atoms. The summed E-state index contributed by atoms with van der Waals surface area (Å²) in [6.45, 7) is 1.94. The lowest BCUT2D eigenvalue weighted by atomic mass is 10.0. The number of carbonyl (C=O) groups is 1. The zero-order chi connectivity index (χ0) is 16.2. The van der Waals surface area contributed by atoms with E-state index in [1.165, 1.54) is 13.4 Å². The molecule has 3 aromatic rings. The summed E-state index contributed by atoms with van der Waals surface area (Å²) in [5.74, 6) is 0.195. The Labute approximate surface area is 133 Å². The number of carbonyl (C=O) groups excluding carboxylic acids is 1. The van der Waals surface area contributed by atoms with E-state index in [0.717, 1.165) is 0 Å². The highest BCUT2D eigenvalue weighted by Crippen LogP contribution is 2.31. The summed E-state index contributed by atoms with van der Waals surface area (Å²) >= 11 is 0. The lowest BCUT2D eigenvalue weighted by molar-refractivity contribution is 0.0599. The molecular weight excluding hydrogens is 294 g/mol. The molecule has 0 N–H and O–H groups in total. The van der Waals surface area contributed by atoms with Crippen LogP contribution in [0.25, 0.3) is 22.7 Å². The van der Waals surface area contributed by atoms with E-state index in [-0.39, 0.29) is 0 Å². The van der Waals surface area contributed by atoms with Crippen LogP contribution < -0.4 is 0 Å².